The van der Waals surface area contributed by atoms with Crippen LogP contribution in [-0.4, -0.2) is 25.2 Å². The van der Waals surface area contributed by atoms with Crippen LogP contribution in [0.3, 0.4) is 0 Å². The zero-order valence-corrected chi connectivity index (χ0v) is 10.7. The molecule has 1 aliphatic rings. The second-order valence-corrected chi connectivity index (χ2v) is 4.72. The van der Waals surface area contributed by atoms with Crippen LogP contribution in [0.1, 0.15) is 35.2 Å². The lowest BCUT2D eigenvalue weighted by atomic mass is 10.1. The maximum absolute atomic E-state index is 12.0. The molecule has 1 atom stereocenters. The smallest absolute Gasteiger partial charge is 0.253 e. The zero-order valence-electron chi connectivity index (χ0n) is 10.7. The highest BCUT2D eigenvalue weighted by molar-refractivity contribution is 6.00. The van der Waals surface area contributed by atoms with Gasteiger partial charge in [-0.3, -0.25) is 4.79 Å². The topological polar surface area (TPSA) is 64.4 Å². The van der Waals surface area contributed by atoms with Gasteiger partial charge in [0.05, 0.1) is 11.7 Å². The second-order valence-electron chi connectivity index (χ2n) is 4.72. The number of amides is 1. The summed E-state index contributed by atoms with van der Waals surface area (Å²) >= 11 is 0. The van der Waals surface area contributed by atoms with Crippen LogP contribution >= 0.6 is 0 Å². The van der Waals surface area contributed by atoms with Gasteiger partial charge in [-0.25, -0.2) is 0 Å². The molecule has 1 amide bonds. The molecule has 0 radical (unpaired) electrons. The van der Waals surface area contributed by atoms with Crippen molar-refractivity contribution >= 4 is 11.6 Å². The number of carbonyl (C=O) groups is 1. The quantitative estimate of drug-likeness (QED) is 0.800. The highest BCUT2D eigenvalue weighted by Crippen LogP contribution is 2.17. The van der Waals surface area contributed by atoms with Crippen LogP contribution in [0.25, 0.3) is 0 Å². The Morgan fingerprint density at radius 2 is 2.39 bits per heavy atom. The van der Waals surface area contributed by atoms with Crippen LogP contribution in [0.15, 0.2) is 18.2 Å². The second kappa shape index (κ2) is 5.87. The van der Waals surface area contributed by atoms with E-state index in [0.717, 1.165) is 31.4 Å². The Kier molecular flexibility index (Phi) is 4.20. The van der Waals surface area contributed by atoms with E-state index in [2.05, 4.69) is 5.32 Å². The highest BCUT2D eigenvalue weighted by atomic mass is 16.5. The average Bonchev–Trinajstić information content (AvgIpc) is 2.82. The first-order valence-electron chi connectivity index (χ1n) is 6.43. The molecule has 0 saturated carbocycles. The summed E-state index contributed by atoms with van der Waals surface area (Å²) in [5.74, 6) is -0.0939. The largest absolute Gasteiger partial charge is 0.398 e. The molecule has 1 fully saturated rings. The van der Waals surface area contributed by atoms with Crippen molar-refractivity contribution < 1.29 is 9.53 Å². The molecule has 1 unspecified atom stereocenters. The van der Waals surface area contributed by atoms with E-state index in [4.69, 9.17) is 10.5 Å². The van der Waals surface area contributed by atoms with Gasteiger partial charge in [-0.15, -0.1) is 0 Å². The molecule has 1 aliphatic heterocycles. The molecule has 18 heavy (non-hydrogen) atoms. The molecule has 0 spiro atoms. The Morgan fingerprint density at radius 3 is 3.06 bits per heavy atom. The fourth-order valence-electron chi connectivity index (χ4n) is 2.31. The molecule has 1 saturated heterocycles. The lowest BCUT2D eigenvalue weighted by molar-refractivity contribution is 0.0907. The molecule has 0 bridgehead atoms. The fraction of sp³-hybridized carbons (Fsp3) is 0.500. The van der Waals surface area contributed by atoms with Gasteiger partial charge in [-0.05, 0) is 37.8 Å². The van der Waals surface area contributed by atoms with Gasteiger partial charge in [0.1, 0.15) is 0 Å². The first kappa shape index (κ1) is 12.9. The summed E-state index contributed by atoms with van der Waals surface area (Å²) in [5, 5.41) is 2.91. The van der Waals surface area contributed by atoms with Crippen LogP contribution in [0, 0.1) is 6.92 Å². The number of rotatable bonds is 4. The van der Waals surface area contributed by atoms with Gasteiger partial charge in [0, 0.05) is 18.8 Å². The predicted molar refractivity (Wildman–Crippen MR) is 71.5 cm³/mol. The number of benzene rings is 1. The number of aryl methyl sites for hydroxylation is 1. The third-order valence-corrected chi connectivity index (χ3v) is 3.31. The highest BCUT2D eigenvalue weighted by Gasteiger charge is 2.16. The molecule has 1 aromatic rings. The Bertz CT molecular complexity index is 406. The van der Waals surface area contributed by atoms with E-state index in [0.29, 0.717) is 23.9 Å². The molecular weight excluding hydrogens is 228 g/mol. The minimum absolute atomic E-state index is 0.0939. The van der Waals surface area contributed by atoms with Crippen molar-refractivity contribution in [2.45, 2.75) is 32.3 Å². The van der Waals surface area contributed by atoms with Crippen molar-refractivity contribution in [3.63, 3.8) is 0 Å². The normalized spacial score (nSPS) is 18.8. The van der Waals surface area contributed by atoms with Crippen LogP contribution in [-0.2, 0) is 4.74 Å². The van der Waals surface area contributed by atoms with Crippen molar-refractivity contribution in [3.8, 4) is 0 Å². The molecule has 4 heteroatoms. The molecule has 1 heterocycles. The fourth-order valence-corrected chi connectivity index (χ4v) is 2.31. The summed E-state index contributed by atoms with van der Waals surface area (Å²) in [7, 11) is 0. The number of nitrogens with one attached hydrogen (secondary N) is 1. The Balaban J connectivity index is 1.87. The molecule has 0 aliphatic carbocycles. The van der Waals surface area contributed by atoms with E-state index < -0.39 is 0 Å². The van der Waals surface area contributed by atoms with Crippen molar-refractivity contribution in [1.29, 1.82) is 0 Å². The third kappa shape index (κ3) is 3.01. The van der Waals surface area contributed by atoms with Crippen molar-refractivity contribution in [2.24, 2.45) is 0 Å². The number of hydrogen-bond acceptors (Lipinski definition) is 3. The molecule has 0 aromatic heterocycles. The molecular formula is C14H20N2O2. The van der Waals surface area contributed by atoms with E-state index >= 15 is 0 Å². The van der Waals surface area contributed by atoms with E-state index in [9.17, 15) is 4.79 Å². The summed E-state index contributed by atoms with van der Waals surface area (Å²) in [6.07, 6.45) is 3.41. The van der Waals surface area contributed by atoms with Crippen molar-refractivity contribution in [3.05, 3.63) is 29.3 Å². The lowest BCUT2D eigenvalue weighted by Crippen LogP contribution is -2.28. The maximum atomic E-state index is 12.0. The summed E-state index contributed by atoms with van der Waals surface area (Å²) in [6.45, 7) is 3.38. The summed E-state index contributed by atoms with van der Waals surface area (Å²) in [5.41, 5.74) is 7.86. The van der Waals surface area contributed by atoms with Crippen LogP contribution in [0.4, 0.5) is 5.69 Å². The molecule has 1 aromatic carbocycles. The lowest BCUT2D eigenvalue weighted by Gasteiger charge is -2.12. The number of hydrogen-bond donors (Lipinski definition) is 2. The summed E-state index contributed by atoms with van der Waals surface area (Å²) < 4.78 is 5.51. The van der Waals surface area contributed by atoms with E-state index in [1.165, 1.54) is 0 Å². The number of anilines is 1. The Hall–Kier alpha value is -1.55. The van der Waals surface area contributed by atoms with E-state index in [1.54, 1.807) is 6.07 Å². The number of nitrogens with two attached hydrogens (primary N) is 1. The first-order chi connectivity index (χ1) is 8.68. The van der Waals surface area contributed by atoms with Gasteiger partial charge in [0.2, 0.25) is 0 Å². The van der Waals surface area contributed by atoms with E-state index in [-0.39, 0.29) is 5.91 Å². The number of nitrogen functional groups attached to an aromatic ring is 1. The molecule has 4 nitrogen and oxygen atoms in total. The first-order valence-corrected chi connectivity index (χ1v) is 6.43. The van der Waals surface area contributed by atoms with Gasteiger partial charge in [0.15, 0.2) is 0 Å². The molecule has 2 rings (SSSR count). The van der Waals surface area contributed by atoms with Crippen LogP contribution in [0.2, 0.25) is 0 Å². The predicted octanol–water partition coefficient (Wildman–Crippen LogP) is 1.88. The van der Waals surface area contributed by atoms with E-state index in [1.807, 2.05) is 19.1 Å². The average molecular weight is 248 g/mol. The maximum Gasteiger partial charge on any atom is 0.253 e. The van der Waals surface area contributed by atoms with Gasteiger partial charge >= 0.3 is 0 Å². The SMILES string of the molecule is Cc1cccc(N)c1C(=O)NCCC1CCCO1. The molecule has 98 valence electrons. The zero-order chi connectivity index (χ0) is 13.0. The van der Waals surface area contributed by atoms with Crippen LogP contribution in [0.5, 0.6) is 0 Å². The minimum Gasteiger partial charge on any atom is -0.398 e. The number of carbonyl (C=O) groups excluding carboxylic acids is 1. The van der Waals surface area contributed by atoms with Crippen LogP contribution < -0.4 is 11.1 Å². The monoisotopic (exact) mass is 248 g/mol. The van der Waals surface area contributed by atoms with Gasteiger partial charge in [0.25, 0.3) is 5.91 Å². The molecule has 3 N–H and O–H groups in total. The number of ether oxygens (including phenoxy) is 1. The Morgan fingerprint density at radius 1 is 1.56 bits per heavy atom. The third-order valence-electron chi connectivity index (χ3n) is 3.31. The summed E-state index contributed by atoms with van der Waals surface area (Å²) in [4.78, 5) is 12.0. The van der Waals surface area contributed by atoms with Crippen molar-refractivity contribution in [1.82, 2.24) is 5.32 Å². The minimum atomic E-state index is -0.0939. The summed E-state index contributed by atoms with van der Waals surface area (Å²) in [6, 6.07) is 5.50. The Labute approximate surface area is 108 Å². The standard InChI is InChI=1S/C14H20N2O2/c1-10-4-2-6-12(15)13(10)14(17)16-8-7-11-5-3-9-18-11/h2,4,6,11H,3,5,7-9,15H2,1H3,(H,16,17). The van der Waals surface area contributed by atoms with Gasteiger partial charge in [-0.2, -0.15) is 0 Å². The van der Waals surface area contributed by atoms with Crippen molar-refractivity contribution in [2.75, 3.05) is 18.9 Å². The van der Waals surface area contributed by atoms with Gasteiger partial charge < -0.3 is 15.8 Å². The van der Waals surface area contributed by atoms with Gasteiger partial charge in [-0.1, -0.05) is 12.1 Å².